The summed E-state index contributed by atoms with van der Waals surface area (Å²) >= 11 is 0. The molecule has 0 aliphatic carbocycles. The zero-order valence-electron chi connectivity index (χ0n) is 35.7. The lowest BCUT2D eigenvalue weighted by Crippen LogP contribution is -2.21. The van der Waals surface area contributed by atoms with Gasteiger partial charge in [0.15, 0.2) is 0 Å². The Labute approximate surface area is 356 Å². The van der Waals surface area contributed by atoms with Crippen LogP contribution in [-0.2, 0) is 30.4 Å². The van der Waals surface area contributed by atoms with Crippen molar-refractivity contribution in [3.63, 3.8) is 0 Å². The van der Waals surface area contributed by atoms with Gasteiger partial charge in [0.05, 0.1) is 64.4 Å². The van der Waals surface area contributed by atoms with Crippen molar-refractivity contribution in [2.45, 2.75) is 32.3 Å². The summed E-state index contributed by atoms with van der Waals surface area (Å²) in [6.07, 6.45) is 2.06. The van der Waals surface area contributed by atoms with Crippen molar-refractivity contribution >= 4 is 47.1 Å². The Hall–Kier alpha value is -5.99. The fraction of sp³-hybridized carbons (Fsp3) is 0.333. The number of hydrogen-bond donors (Lipinski definition) is 3. The third-order valence-electron chi connectivity index (χ3n) is 9.09. The fourth-order valence-electron chi connectivity index (χ4n) is 6.23. The number of ether oxygens (including phenoxy) is 6. The molecule has 0 atom stereocenters. The van der Waals surface area contributed by atoms with Crippen LogP contribution in [0.5, 0.6) is 23.1 Å². The van der Waals surface area contributed by atoms with Crippen LogP contribution in [0.15, 0.2) is 97.2 Å². The standard InChI is InChI=1S/C45H54N7O8P/c1-45(2,3)40-29-41(52(51-40)33-12-10-11-31(25-33)30-61(6,7)54)49-44(53)48-38-15-16-39(37-14-9-8-13-36(37)38)60-42-17-18-46-43(50-42)47-32-26-34(56-5)28-35(27-32)59-24-23-58-22-21-57-20-19-55-4/h8-18,25-29H,19-24,30H2,1-7H3,(H,46,47,50)(H2,48,49,53). The van der Waals surface area contributed by atoms with Gasteiger partial charge in [-0.2, -0.15) is 10.1 Å². The highest BCUT2D eigenvalue weighted by Gasteiger charge is 2.22. The van der Waals surface area contributed by atoms with Crippen molar-refractivity contribution < 1.29 is 37.8 Å². The van der Waals surface area contributed by atoms with E-state index in [4.69, 9.17) is 33.5 Å². The first-order valence-electron chi connectivity index (χ1n) is 19.9. The molecule has 0 fully saturated rings. The van der Waals surface area contributed by atoms with Crippen LogP contribution in [-0.4, -0.2) is 93.0 Å². The second kappa shape index (κ2) is 20.5. The average molecular weight is 852 g/mol. The molecule has 0 bridgehead atoms. The van der Waals surface area contributed by atoms with E-state index < -0.39 is 13.2 Å². The Balaban J connectivity index is 1.13. The smallest absolute Gasteiger partial charge is 0.324 e. The second-order valence-electron chi connectivity index (χ2n) is 15.6. The Bertz CT molecular complexity index is 2460. The normalized spacial score (nSPS) is 11.7. The minimum absolute atomic E-state index is 0.282. The molecule has 16 heteroatoms. The summed E-state index contributed by atoms with van der Waals surface area (Å²) in [5, 5.41) is 15.6. The Morgan fingerprint density at radius 1 is 0.787 bits per heavy atom. The number of hydrogen-bond acceptors (Lipinski definition) is 12. The predicted molar refractivity (Wildman–Crippen MR) is 239 cm³/mol. The highest BCUT2D eigenvalue weighted by atomic mass is 31.2. The fourth-order valence-corrected chi connectivity index (χ4v) is 7.30. The van der Waals surface area contributed by atoms with Crippen LogP contribution in [0.2, 0.25) is 0 Å². The number of methoxy groups -OCH3 is 2. The summed E-state index contributed by atoms with van der Waals surface area (Å²) in [6, 6.07) is 27.4. The second-order valence-corrected chi connectivity index (χ2v) is 19.1. The first-order chi connectivity index (χ1) is 29.3. The molecule has 2 amide bonds. The molecule has 15 nitrogen and oxygen atoms in total. The van der Waals surface area contributed by atoms with Gasteiger partial charge in [0.2, 0.25) is 11.8 Å². The average Bonchev–Trinajstić information content (AvgIpc) is 3.65. The van der Waals surface area contributed by atoms with E-state index in [-0.39, 0.29) is 5.41 Å². The number of urea groups is 1. The highest BCUT2D eigenvalue weighted by molar-refractivity contribution is 7.61. The van der Waals surface area contributed by atoms with Gasteiger partial charge in [-0.1, -0.05) is 57.2 Å². The van der Waals surface area contributed by atoms with Gasteiger partial charge in [0, 0.05) is 71.7 Å². The molecule has 6 aromatic rings. The van der Waals surface area contributed by atoms with E-state index in [1.807, 2.05) is 60.7 Å². The maximum atomic E-state index is 13.7. The topological polar surface area (TPSA) is 169 Å². The van der Waals surface area contributed by atoms with Crippen LogP contribution < -0.4 is 30.2 Å². The molecule has 0 aliphatic heterocycles. The first-order valence-corrected chi connectivity index (χ1v) is 22.6. The van der Waals surface area contributed by atoms with Gasteiger partial charge in [-0.25, -0.2) is 14.5 Å². The molecule has 0 saturated carbocycles. The van der Waals surface area contributed by atoms with E-state index in [0.717, 1.165) is 27.7 Å². The third kappa shape index (κ3) is 13.0. The molecular formula is C45H54N7O8P. The van der Waals surface area contributed by atoms with E-state index in [0.29, 0.717) is 92.1 Å². The minimum Gasteiger partial charge on any atom is -0.497 e. The van der Waals surface area contributed by atoms with Gasteiger partial charge in [-0.3, -0.25) is 5.32 Å². The lowest BCUT2D eigenvalue weighted by atomic mass is 9.92. The predicted octanol–water partition coefficient (Wildman–Crippen LogP) is 9.48. The largest absolute Gasteiger partial charge is 0.497 e. The monoisotopic (exact) mass is 851 g/mol. The molecule has 6 rings (SSSR count). The summed E-state index contributed by atoms with van der Waals surface area (Å²) < 4.78 is 48.0. The molecule has 4 aromatic carbocycles. The molecule has 0 radical (unpaired) electrons. The van der Waals surface area contributed by atoms with E-state index in [1.165, 1.54) is 0 Å². The maximum Gasteiger partial charge on any atom is 0.324 e. The number of nitrogens with one attached hydrogen (secondary N) is 3. The molecule has 3 N–H and O–H groups in total. The van der Waals surface area contributed by atoms with Gasteiger partial charge in [0.1, 0.15) is 29.7 Å². The molecule has 322 valence electrons. The van der Waals surface area contributed by atoms with E-state index >= 15 is 0 Å². The number of aromatic nitrogens is 4. The molecule has 2 heterocycles. The summed E-state index contributed by atoms with van der Waals surface area (Å²) in [6.45, 7) is 12.5. The Morgan fingerprint density at radius 3 is 2.26 bits per heavy atom. The molecule has 2 aromatic heterocycles. The molecule has 0 unspecified atom stereocenters. The Morgan fingerprint density at radius 2 is 1.52 bits per heavy atom. The molecule has 0 saturated heterocycles. The third-order valence-corrected chi connectivity index (χ3v) is 10.2. The van der Waals surface area contributed by atoms with Crippen LogP contribution in [0.3, 0.4) is 0 Å². The summed E-state index contributed by atoms with van der Waals surface area (Å²) in [7, 11) is 0.905. The number of fused-ring (bicyclic) bond motifs is 1. The minimum atomic E-state index is -2.31. The van der Waals surface area contributed by atoms with Gasteiger partial charge < -0.3 is 43.6 Å². The van der Waals surface area contributed by atoms with Crippen LogP contribution in [0.25, 0.3) is 16.5 Å². The van der Waals surface area contributed by atoms with Crippen LogP contribution in [0.4, 0.5) is 27.9 Å². The number of anilines is 4. The van der Waals surface area contributed by atoms with Crippen molar-refractivity contribution in [2.75, 3.05) is 83.1 Å². The van der Waals surface area contributed by atoms with Crippen molar-refractivity contribution in [3.8, 4) is 28.8 Å². The molecular weight excluding hydrogens is 798 g/mol. The molecule has 0 aliphatic rings. The van der Waals surface area contributed by atoms with E-state index in [9.17, 15) is 9.36 Å². The Kier molecular flexibility index (Phi) is 15.0. The number of benzene rings is 4. The number of rotatable bonds is 20. The molecule has 61 heavy (non-hydrogen) atoms. The number of carbonyl (C=O) groups excluding carboxylic acids is 1. The van der Waals surface area contributed by atoms with Crippen LogP contribution >= 0.6 is 7.14 Å². The molecule has 0 spiro atoms. The SMILES string of the molecule is COCCOCCOCCOc1cc(Nc2nccc(Oc3ccc(NC(=O)Nc4cc(C(C)(C)C)nn4-c4cccc(CP(C)(C)=O)c4)c4ccccc34)n2)cc(OC)c1. The van der Waals surface area contributed by atoms with Crippen LogP contribution in [0.1, 0.15) is 32.0 Å². The van der Waals surface area contributed by atoms with Gasteiger partial charge >= 0.3 is 6.03 Å². The van der Waals surface area contributed by atoms with Crippen molar-refractivity contribution in [2.24, 2.45) is 0 Å². The maximum absolute atomic E-state index is 13.7. The van der Waals surface area contributed by atoms with E-state index in [1.54, 1.807) is 68.8 Å². The zero-order valence-corrected chi connectivity index (χ0v) is 36.6. The number of amides is 2. The summed E-state index contributed by atoms with van der Waals surface area (Å²) in [4.78, 5) is 22.7. The van der Waals surface area contributed by atoms with Crippen LogP contribution in [0, 0.1) is 0 Å². The lowest BCUT2D eigenvalue weighted by molar-refractivity contribution is 0.0179. The number of nitrogens with zero attached hydrogens (tertiary/aromatic N) is 4. The zero-order chi connectivity index (χ0) is 43.4. The van der Waals surface area contributed by atoms with Crippen molar-refractivity contribution in [3.05, 3.63) is 108 Å². The van der Waals surface area contributed by atoms with E-state index in [2.05, 4.69) is 46.7 Å². The first kappa shape index (κ1) is 44.6. The highest BCUT2D eigenvalue weighted by Crippen LogP contribution is 2.41. The number of carbonyl (C=O) groups is 1. The van der Waals surface area contributed by atoms with Gasteiger partial charge in [0.25, 0.3) is 0 Å². The van der Waals surface area contributed by atoms with Crippen molar-refractivity contribution in [1.82, 2.24) is 19.7 Å². The van der Waals surface area contributed by atoms with Crippen molar-refractivity contribution in [1.29, 1.82) is 0 Å². The quantitative estimate of drug-likeness (QED) is 0.0492. The van der Waals surface area contributed by atoms with Gasteiger partial charge in [-0.15, -0.1) is 0 Å². The lowest BCUT2D eigenvalue weighted by Gasteiger charge is -2.15. The van der Waals surface area contributed by atoms with Gasteiger partial charge in [-0.05, 0) is 43.2 Å². The summed E-state index contributed by atoms with van der Waals surface area (Å²) in [5.41, 5.74) is 3.43. The summed E-state index contributed by atoms with van der Waals surface area (Å²) in [5.74, 6) is 2.78.